The second-order valence-corrected chi connectivity index (χ2v) is 6.03. The largest absolute Gasteiger partial charge is 0.436 e. The van der Waals surface area contributed by atoms with Crippen LogP contribution in [0.5, 0.6) is 0 Å². The van der Waals surface area contributed by atoms with Crippen LogP contribution in [-0.2, 0) is 9.53 Å². The average Bonchev–Trinajstić information content (AvgIpc) is 2.77. The van der Waals surface area contributed by atoms with Gasteiger partial charge in [-0.1, -0.05) is 0 Å². The molecule has 2 amide bonds. The smallest absolute Gasteiger partial charge is 0.291 e. The van der Waals surface area contributed by atoms with Crippen molar-refractivity contribution in [3.05, 3.63) is 17.3 Å². The highest BCUT2D eigenvalue weighted by atomic mass is 16.5. The van der Waals surface area contributed by atoms with Crippen LogP contribution in [-0.4, -0.2) is 66.0 Å². The molecule has 0 unspecified atom stereocenters. The van der Waals surface area contributed by atoms with Crippen LogP contribution >= 0.6 is 0 Å². The van der Waals surface area contributed by atoms with Gasteiger partial charge in [0.15, 0.2) is 5.89 Å². The summed E-state index contributed by atoms with van der Waals surface area (Å²) in [6.45, 7) is 5.34. The van der Waals surface area contributed by atoms with Crippen LogP contribution in [0, 0.1) is 19.8 Å². The molecule has 3 rings (SSSR count). The summed E-state index contributed by atoms with van der Waals surface area (Å²) in [7, 11) is 1.78. The van der Waals surface area contributed by atoms with Gasteiger partial charge in [-0.05, 0) is 13.3 Å². The van der Waals surface area contributed by atoms with Crippen LogP contribution < -0.4 is 0 Å². The summed E-state index contributed by atoms with van der Waals surface area (Å²) >= 11 is 0. The first-order chi connectivity index (χ1) is 10.5. The van der Waals surface area contributed by atoms with Crippen LogP contribution in [0.1, 0.15) is 28.6 Å². The van der Waals surface area contributed by atoms with Gasteiger partial charge >= 0.3 is 0 Å². The van der Waals surface area contributed by atoms with Gasteiger partial charge in [0.05, 0.1) is 18.3 Å². The Kier molecular flexibility index (Phi) is 3.90. The Balaban J connectivity index is 1.78. The van der Waals surface area contributed by atoms with Crippen molar-refractivity contribution >= 4 is 11.8 Å². The van der Waals surface area contributed by atoms with E-state index in [0.717, 1.165) is 6.42 Å². The first-order valence-electron chi connectivity index (χ1n) is 7.54. The Morgan fingerprint density at radius 2 is 2.14 bits per heavy atom. The quantitative estimate of drug-likeness (QED) is 0.760. The molecule has 2 saturated heterocycles. The average molecular weight is 307 g/mol. The summed E-state index contributed by atoms with van der Waals surface area (Å²) in [5.41, 5.74) is 0.609. The van der Waals surface area contributed by atoms with Gasteiger partial charge < -0.3 is 19.0 Å². The molecule has 7 nitrogen and oxygen atoms in total. The SMILES string of the molecule is Cc1nc(C)c(C(=O)N2CC[C@H]3COCC(=O)N(C)[C@H]3C2)o1. The first-order valence-corrected chi connectivity index (χ1v) is 7.54. The minimum atomic E-state index is -0.150. The topological polar surface area (TPSA) is 75.9 Å². The highest BCUT2D eigenvalue weighted by Crippen LogP contribution is 2.26. The monoisotopic (exact) mass is 307 g/mol. The highest BCUT2D eigenvalue weighted by Gasteiger charge is 2.38. The summed E-state index contributed by atoms with van der Waals surface area (Å²) in [5, 5.41) is 0. The van der Waals surface area contributed by atoms with E-state index >= 15 is 0 Å². The Morgan fingerprint density at radius 3 is 2.82 bits per heavy atom. The van der Waals surface area contributed by atoms with Gasteiger partial charge in [-0.2, -0.15) is 0 Å². The maximum atomic E-state index is 12.6. The van der Waals surface area contributed by atoms with Gasteiger partial charge in [-0.25, -0.2) is 4.98 Å². The Labute approximate surface area is 129 Å². The van der Waals surface area contributed by atoms with Crippen molar-refractivity contribution in [2.75, 3.05) is 33.4 Å². The molecule has 0 aliphatic carbocycles. The molecule has 0 N–H and O–H groups in total. The number of hydrogen-bond acceptors (Lipinski definition) is 5. The van der Waals surface area contributed by atoms with Crippen molar-refractivity contribution in [2.45, 2.75) is 26.3 Å². The second kappa shape index (κ2) is 5.72. The van der Waals surface area contributed by atoms with E-state index in [-0.39, 0.29) is 30.4 Å². The number of nitrogens with zero attached hydrogens (tertiary/aromatic N) is 3. The fourth-order valence-electron chi connectivity index (χ4n) is 3.26. The number of likely N-dealkylation sites (N-methyl/N-ethyl adjacent to an activating group) is 1. The van der Waals surface area contributed by atoms with E-state index < -0.39 is 0 Å². The zero-order valence-electron chi connectivity index (χ0n) is 13.2. The van der Waals surface area contributed by atoms with Crippen molar-refractivity contribution in [1.82, 2.24) is 14.8 Å². The number of carbonyl (C=O) groups is 2. The number of ether oxygens (including phenoxy) is 1. The number of aromatic nitrogens is 1. The number of amides is 2. The molecule has 2 aliphatic heterocycles. The van der Waals surface area contributed by atoms with Gasteiger partial charge in [0, 0.05) is 33.0 Å². The van der Waals surface area contributed by atoms with Gasteiger partial charge in [0.1, 0.15) is 6.61 Å². The summed E-state index contributed by atoms with van der Waals surface area (Å²) < 4.78 is 10.9. The van der Waals surface area contributed by atoms with Crippen LogP contribution in [0.15, 0.2) is 4.42 Å². The second-order valence-electron chi connectivity index (χ2n) is 6.03. The molecule has 0 aromatic carbocycles. The van der Waals surface area contributed by atoms with Crippen LogP contribution in [0.4, 0.5) is 0 Å². The van der Waals surface area contributed by atoms with Crippen molar-refractivity contribution < 1.29 is 18.7 Å². The first kappa shape index (κ1) is 15.0. The van der Waals surface area contributed by atoms with E-state index in [1.807, 2.05) is 0 Å². The number of piperidine rings is 1. The molecule has 2 atom stereocenters. The molecule has 0 bridgehead atoms. The van der Waals surface area contributed by atoms with E-state index in [2.05, 4.69) is 4.98 Å². The highest BCUT2D eigenvalue weighted by molar-refractivity contribution is 5.92. The van der Waals surface area contributed by atoms with Gasteiger partial charge in [-0.15, -0.1) is 0 Å². The van der Waals surface area contributed by atoms with E-state index in [1.165, 1.54) is 0 Å². The van der Waals surface area contributed by atoms with Gasteiger partial charge in [-0.3, -0.25) is 9.59 Å². The molecule has 22 heavy (non-hydrogen) atoms. The number of rotatable bonds is 1. The van der Waals surface area contributed by atoms with E-state index in [4.69, 9.17) is 9.15 Å². The number of oxazole rings is 1. The molecule has 1 aromatic rings. The van der Waals surface area contributed by atoms with Gasteiger partial charge in [0.25, 0.3) is 5.91 Å². The van der Waals surface area contributed by atoms with Crippen LogP contribution in [0.25, 0.3) is 0 Å². The molecule has 120 valence electrons. The number of likely N-dealkylation sites (tertiary alicyclic amines) is 1. The third kappa shape index (κ3) is 2.61. The Morgan fingerprint density at radius 1 is 1.36 bits per heavy atom. The molecule has 2 fully saturated rings. The third-order valence-electron chi connectivity index (χ3n) is 4.55. The van der Waals surface area contributed by atoms with Crippen molar-refractivity contribution in [2.24, 2.45) is 5.92 Å². The number of carbonyl (C=O) groups excluding carboxylic acids is 2. The zero-order valence-corrected chi connectivity index (χ0v) is 13.2. The lowest BCUT2D eigenvalue weighted by molar-refractivity contribution is -0.134. The van der Waals surface area contributed by atoms with E-state index in [0.29, 0.717) is 37.0 Å². The molecule has 3 heterocycles. The maximum absolute atomic E-state index is 12.6. The minimum absolute atomic E-state index is 0.00276. The van der Waals surface area contributed by atoms with Crippen molar-refractivity contribution in [3.8, 4) is 0 Å². The van der Waals surface area contributed by atoms with Gasteiger partial charge in [0.2, 0.25) is 11.7 Å². The predicted octanol–water partition coefficient (Wildman–Crippen LogP) is 0.611. The number of aryl methyl sites for hydroxylation is 2. The predicted molar refractivity (Wildman–Crippen MR) is 77.4 cm³/mol. The summed E-state index contributed by atoms with van der Waals surface area (Å²) in [6, 6.07) is -0.00276. The van der Waals surface area contributed by atoms with Crippen LogP contribution in [0.3, 0.4) is 0 Å². The standard InChI is InChI=1S/C15H21N3O4/c1-9-14(22-10(2)16-9)15(20)18-5-4-11-7-21-8-13(19)17(3)12(11)6-18/h11-12H,4-8H2,1-3H3/t11-,12-/m0/s1. The molecular weight excluding hydrogens is 286 g/mol. The fourth-order valence-corrected chi connectivity index (χ4v) is 3.26. The van der Waals surface area contributed by atoms with Crippen molar-refractivity contribution in [1.29, 1.82) is 0 Å². The third-order valence-corrected chi connectivity index (χ3v) is 4.55. The molecule has 0 radical (unpaired) electrons. The lowest BCUT2D eigenvalue weighted by Crippen LogP contribution is -2.54. The number of fused-ring (bicyclic) bond motifs is 1. The lowest BCUT2D eigenvalue weighted by atomic mass is 9.91. The number of hydrogen-bond donors (Lipinski definition) is 0. The molecule has 7 heteroatoms. The molecule has 2 aliphatic rings. The Bertz CT molecular complexity index is 598. The summed E-state index contributed by atoms with van der Waals surface area (Å²) in [5.74, 6) is 0.884. The molecule has 0 saturated carbocycles. The minimum Gasteiger partial charge on any atom is -0.436 e. The normalized spacial score (nSPS) is 25.9. The van der Waals surface area contributed by atoms with Crippen LogP contribution in [0.2, 0.25) is 0 Å². The lowest BCUT2D eigenvalue weighted by Gasteiger charge is -2.40. The maximum Gasteiger partial charge on any atom is 0.291 e. The molecular formula is C15H21N3O4. The zero-order chi connectivity index (χ0) is 15.9. The van der Waals surface area contributed by atoms with E-state index in [9.17, 15) is 9.59 Å². The summed E-state index contributed by atoms with van der Waals surface area (Å²) in [4.78, 5) is 32.2. The van der Waals surface area contributed by atoms with E-state index in [1.54, 1.807) is 30.7 Å². The summed E-state index contributed by atoms with van der Waals surface area (Å²) in [6.07, 6.45) is 0.820. The fraction of sp³-hybridized carbons (Fsp3) is 0.667. The van der Waals surface area contributed by atoms with Crippen molar-refractivity contribution in [3.63, 3.8) is 0 Å². The Hall–Kier alpha value is -1.89. The molecule has 0 spiro atoms. The molecule has 1 aromatic heterocycles.